The molecule has 2 fully saturated rings. The zero-order valence-electron chi connectivity index (χ0n) is 18.2. The van der Waals surface area contributed by atoms with E-state index in [0.29, 0.717) is 24.7 Å². The molecule has 8 heteroatoms. The molecular weight excluding hydrogens is 388 g/mol. The standard InChI is InChI=1S/C22H35F2N5O/c1-3-25-22(26-17-18-6-8-27(9-7-18)14-15-30-2)29-12-10-28(11-13-29)21-16-19(23)4-5-20(21)24/h4-5,16,18H,3,6-15,17H2,1-2H3,(H,25,26). The molecule has 0 amide bonds. The number of piperidine rings is 1. The Morgan fingerprint density at radius 1 is 1.13 bits per heavy atom. The normalized spacial score (nSPS) is 19.4. The largest absolute Gasteiger partial charge is 0.383 e. The van der Waals surface area contributed by atoms with Crippen LogP contribution >= 0.6 is 0 Å². The molecule has 2 aliphatic rings. The second kappa shape index (κ2) is 11.5. The molecule has 1 aromatic rings. The molecule has 3 rings (SSSR count). The van der Waals surface area contributed by atoms with Gasteiger partial charge < -0.3 is 24.8 Å². The highest BCUT2D eigenvalue weighted by atomic mass is 19.1. The van der Waals surface area contributed by atoms with Crippen LogP contribution in [-0.4, -0.2) is 88.4 Å². The van der Waals surface area contributed by atoms with Crippen LogP contribution in [0.4, 0.5) is 14.5 Å². The van der Waals surface area contributed by atoms with Gasteiger partial charge in [0.05, 0.1) is 12.3 Å². The predicted molar refractivity (Wildman–Crippen MR) is 117 cm³/mol. The smallest absolute Gasteiger partial charge is 0.194 e. The summed E-state index contributed by atoms with van der Waals surface area (Å²) < 4.78 is 32.8. The van der Waals surface area contributed by atoms with Crippen LogP contribution in [0.5, 0.6) is 0 Å². The van der Waals surface area contributed by atoms with Gasteiger partial charge in [0.25, 0.3) is 0 Å². The lowest BCUT2D eigenvalue weighted by molar-refractivity contribution is 0.121. The van der Waals surface area contributed by atoms with Gasteiger partial charge in [-0.05, 0) is 50.9 Å². The number of methoxy groups -OCH3 is 1. The topological polar surface area (TPSA) is 43.3 Å². The summed E-state index contributed by atoms with van der Waals surface area (Å²) >= 11 is 0. The van der Waals surface area contributed by atoms with Crippen molar-refractivity contribution in [2.45, 2.75) is 19.8 Å². The first kappa shape index (κ1) is 22.7. The van der Waals surface area contributed by atoms with E-state index in [9.17, 15) is 8.78 Å². The number of likely N-dealkylation sites (tertiary alicyclic amines) is 1. The summed E-state index contributed by atoms with van der Waals surface area (Å²) in [6.07, 6.45) is 2.33. The van der Waals surface area contributed by atoms with Crippen LogP contribution in [0.1, 0.15) is 19.8 Å². The van der Waals surface area contributed by atoms with Crippen molar-refractivity contribution in [3.63, 3.8) is 0 Å². The number of piperazine rings is 1. The highest BCUT2D eigenvalue weighted by molar-refractivity contribution is 5.80. The minimum absolute atomic E-state index is 0.344. The third-order valence-corrected chi connectivity index (χ3v) is 5.98. The summed E-state index contributed by atoms with van der Waals surface area (Å²) in [7, 11) is 1.75. The Balaban J connectivity index is 1.51. The maximum Gasteiger partial charge on any atom is 0.194 e. The van der Waals surface area contributed by atoms with Crippen molar-refractivity contribution in [2.24, 2.45) is 10.9 Å². The van der Waals surface area contributed by atoms with Crippen LogP contribution in [0.15, 0.2) is 23.2 Å². The van der Waals surface area contributed by atoms with Crippen molar-refractivity contribution >= 4 is 11.6 Å². The Morgan fingerprint density at radius 2 is 1.87 bits per heavy atom. The van der Waals surface area contributed by atoms with Gasteiger partial charge in [0, 0.05) is 59.0 Å². The number of hydrogen-bond donors (Lipinski definition) is 1. The van der Waals surface area contributed by atoms with E-state index in [1.54, 1.807) is 7.11 Å². The van der Waals surface area contributed by atoms with Gasteiger partial charge in [0.15, 0.2) is 5.96 Å². The Bertz CT molecular complexity index is 686. The van der Waals surface area contributed by atoms with Crippen LogP contribution in [0.3, 0.4) is 0 Å². The molecule has 1 aromatic carbocycles. The van der Waals surface area contributed by atoms with Gasteiger partial charge >= 0.3 is 0 Å². The lowest BCUT2D eigenvalue weighted by atomic mass is 9.97. The number of halogens is 2. The van der Waals surface area contributed by atoms with Crippen molar-refractivity contribution in [3.8, 4) is 0 Å². The van der Waals surface area contributed by atoms with Crippen LogP contribution < -0.4 is 10.2 Å². The van der Waals surface area contributed by atoms with Gasteiger partial charge in [-0.3, -0.25) is 4.99 Å². The number of aliphatic imine (C=N–C) groups is 1. The van der Waals surface area contributed by atoms with E-state index in [2.05, 4.69) is 22.0 Å². The molecule has 0 aromatic heterocycles. The maximum absolute atomic E-state index is 14.1. The zero-order valence-corrected chi connectivity index (χ0v) is 18.2. The molecule has 0 unspecified atom stereocenters. The quantitative estimate of drug-likeness (QED) is 0.539. The summed E-state index contributed by atoms with van der Waals surface area (Å²) in [5.41, 5.74) is 0.344. The SMILES string of the molecule is CCNC(=NCC1CCN(CCOC)CC1)N1CCN(c2cc(F)ccc2F)CC1. The number of anilines is 1. The number of ether oxygens (including phenoxy) is 1. The van der Waals surface area contributed by atoms with Crippen LogP contribution in [-0.2, 0) is 4.74 Å². The van der Waals surface area contributed by atoms with Crippen LogP contribution in [0, 0.1) is 17.6 Å². The summed E-state index contributed by atoms with van der Waals surface area (Å²) in [6, 6.07) is 3.64. The van der Waals surface area contributed by atoms with Crippen molar-refractivity contribution in [1.82, 2.24) is 15.1 Å². The fraction of sp³-hybridized carbons (Fsp3) is 0.682. The molecule has 0 radical (unpaired) electrons. The van der Waals surface area contributed by atoms with Gasteiger partial charge in [-0.25, -0.2) is 8.78 Å². The van der Waals surface area contributed by atoms with Crippen molar-refractivity contribution < 1.29 is 13.5 Å². The number of hydrogen-bond acceptors (Lipinski definition) is 4. The van der Waals surface area contributed by atoms with Gasteiger partial charge in [-0.1, -0.05) is 0 Å². The van der Waals surface area contributed by atoms with E-state index in [1.807, 2.05) is 4.90 Å². The minimum atomic E-state index is -0.406. The van der Waals surface area contributed by atoms with Gasteiger partial charge in [0.1, 0.15) is 11.6 Å². The molecule has 0 atom stereocenters. The molecule has 6 nitrogen and oxygen atoms in total. The molecule has 1 N–H and O–H groups in total. The average Bonchev–Trinajstić information content (AvgIpc) is 2.78. The van der Waals surface area contributed by atoms with Crippen LogP contribution in [0.25, 0.3) is 0 Å². The molecule has 168 valence electrons. The molecule has 0 saturated carbocycles. The number of nitrogens with zero attached hydrogens (tertiary/aromatic N) is 4. The number of nitrogens with one attached hydrogen (secondary N) is 1. The van der Waals surface area contributed by atoms with Crippen molar-refractivity contribution in [2.75, 3.05) is 77.5 Å². The Kier molecular flexibility index (Phi) is 8.69. The number of rotatable bonds is 7. The third kappa shape index (κ3) is 6.28. The first-order valence-electron chi connectivity index (χ1n) is 11.0. The first-order chi connectivity index (χ1) is 14.6. The summed E-state index contributed by atoms with van der Waals surface area (Å²) in [4.78, 5) is 11.5. The Morgan fingerprint density at radius 3 is 2.53 bits per heavy atom. The summed E-state index contributed by atoms with van der Waals surface area (Å²) in [5.74, 6) is 0.762. The zero-order chi connectivity index (χ0) is 21.3. The van der Waals surface area contributed by atoms with Gasteiger partial charge in [0.2, 0.25) is 0 Å². The maximum atomic E-state index is 14.1. The van der Waals surface area contributed by atoms with Crippen LogP contribution in [0.2, 0.25) is 0 Å². The van der Waals surface area contributed by atoms with E-state index in [0.717, 1.165) is 64.4 Å². The molecule has 30 heavy (non-hydrogen) atoms. The van der Waals surface area contributed by atoms with E-state index in [-0.39, 0.29) is 5.82 Å². The average molecular weight is 424 g/mol. The lowest BCUT2D eigenvalue weighted by Crippen LogP contribution is -2.53. The monoisotopic (exact) mass is 423 g/mol. The highest BCUT2D eigenvalue weighted by Gasteiger charge is 2.23. The molecule has 0 aliphatic carbocycles. The second-order valence-electron chi connectivity index (χ2n) is 8.04. The van der Waals surface area contributed by atoms with Crippen molar-refractivity contribution in [3.05, 3.63) is 29.8 Å². The van der Waals surface area contributed by atoms with Gasteiger partial charge in [-0.15, -0.1) is 0 Å². The van der Waals surface area contributed by atoms with E-state index in [1.165, 1.54) is 25.0 Å². The Hall–Kier alpha value is -1.93. The number of benzene rings is 1. The molecular formula is C22H35F2N5O. The van der Waals surface area contributed by atoms with Gasteiger partial charge in [-0.2, -0.15) is 0 Å². The van der Waals surface area contributed by atoms with Crippen molar-refractivity contribution in [1.29, 1.82) is 0 Å². The predicted octanol–water partition coefficient (Wildman–Crippen LogP) is 2.41. The molecule has 2 heterocycles. The fourth-order valence-electron chi connectivity index (χ4n) is 4.14. The lowest BCUT2D eigenvalue weighted by Gasteiger charge is -2.38. The van der Waals surface area contributed by atoms with E-state index in [4.69, 9.17) is 9.73 Å². The Labute approximate surface area is 178 Å². The molecule has 0 spiro atoms. The molecule has 2 aliphatic heterocycles. The first-order valence-corrected chi connectivity index (χ1v) is 11.0. The molecule has 2 saturated heterocycles. The molecule has 0 bridgehead atoms. The fourth-order valence-corrected chi connectivity index (χ4v) is 4.14. The van der Waals surface area contributed by atoms with E-state index >= 15 is 0 Å². The summed E-state index contributed by atoms with van der Waals surface area (Å²) in [5, 5.41) is 3.40. The minimum Gasteiger partial charge on any atom is -0.383 e. The van der Waals surface area contributed by atoms with E-state index < -0.39 is 5.82 Å². The third-order valence-electron chi connectivity index (χ3n) is 5.98. The summed E-state index contributed by atoms with van der Waals surface area (Å²) in [6.45, 7) is 10.5. The second-order valence-corrected chi connectivity index (χ2v) is 8.04. The number of guanidine groups is 1. The highest BCUT2D eigenvalue weighted by Crippen LogP contribution is 2.22.